The van der Waals surface area contributed by atoms with Gasteiger partial charge in [-0.25, -0.2) is 0 Å². The van der Waals surface area contributed by atoms with E-state index in [1.54, 1.807) is 16.7 Å². The highest BCUT2D eigenvalue weighted by Gasteiger charge is 2.19. The Morgan fingerprint density at radius 1 is 1.23 bits per heavy atom. The van der Waals surface area contributed by atoms with Gasteiger partial charge in [-0.2, -0.15) is 8.42 Å². The van der Waals surface area contributed by atoms with Gasteiger partial charge in [0.1, 0.15) is 0 Å². The summed E-state index contributed by atoms with van der Waals surface area (Å²) in [6, 6.07) is 9.41. The summed E-state index contributed by atoms with van der Waals surface area (Å²) in [6.07, 6.45) is 5.46. The van der Waals surface area contributed by atoms with Crippen molar-refractivity contribution >= 4 is 43.2 Å². The first-order valence-electron chi connectivity index (χ1n) is 7.41. The molecule has 0 radical (unpaired) electrons. The molecule has 1 aliphatic heterocycles. The minimum Gasteiger partial charge on any atom is -0.454 e. The highest BCUT2D eigenvalue weighted by molar-refractivity contribution is 7.90. The molecular formula is C17H11ClN2O4S2. The second-order valence-electron chi connectivity index (χ2n) is 5.37. The number of benzene rings is 2. The third-order valence-electron chi connectivity index (χ3n) is 3.74. The standard InChI is InChI=1S/C17H11ClN2O4S2/c1-2-7-20-13-8-14-15(24-10-23-14)9-16(13)25-17(20)19-26(21,22)12-5-3-11(18)4-6-12/h1,3-6,8-9H,7,10H2/b19-17-. The lowest BCUT2D eigenvalue weighted by atomic mass is 10.3. The molecule has 0 bridgehead atoms. The molecule has 0 atom stereocenters. The van der Waals surface area contributed by atoms with Crippen LogP contribution in [0.25, 0.3) is 10.2 Å². The number of halogens is 1. The van der Waals surface area contributed by atoms with Crippen LogP contribution >= 0.6 is 22.9 Å². The fraction of sp³-hybridized carbons (Fsp3) is 0.118. The molecule has 0 saturated heterocycles. The second kappa shape index (κ2) is 6.36. The average Bonchev–Trinajstić information content (AvgIpc) is 3.18. The fourth-order valence-corrected chi connectivity index (χ4v) is 4.90. The molecule has 0 unspecified atom stereocenters. The van der Waals surface area contributed by atoms with Gasteiger partial charge in [-0.05, 0) is 24.3 Å². The Labute approximate surface area is 158 Å². The summed E-state index contributed by atoms with van der Waals surface area (Å²) in [6.45, 7) is 0.332. The van der Waals surface area contributed by atoms with Gasteiger partial charge in [-0.1, -0.05) is 28.9 Å². The molecule has 0 N–H and O–H groups in total. The summed E-state index contributed by atoms with van der Waals surface area (Å²) in [4.78, 5) is 0.331. The van der Waals surface area contributed by atoms with Gasteiger partial charge in [0, 0.05) is 17.2 Å². The summed E-state index contributed by atoms with van der Waals surface area (Å²) < 4.78 is 42.5. The maximum absolute atomic E-state index is 12.6. The zero-order valence-corrected chi connectivity index (χ0v) is 15.6. The topological polar surface area (TPSA) is 69.9 Å². The summed E-state index contributed by atoms with van der Waals surface area (Å²) in [5.74, 6) is 3.73. The summed E-state index contributed by atoms with van der Waals surface area (Å²) in [5.41, 5.74) is 0.738. The monoisotopic (exact) mass is 406 g/mol. The molecule has 0 aliphatic carbocycles. The molecule has 1 aliphatic rings. The highest BCUT2D eigenvalue weighted by atomic mass is 35.5. The maximum atomic E-state index is 12.6. The Bertz CT molecular complexity index is 1220. The van der Waals surface area contributed by atoms with Crippen LogP contribution in [0, 0.1) is 12.3 Å². The molecule has 4 rings (SSSR count). The lowest BCUT2D eigenvalue weighted by Gasteiger charge is -2.02. The van der Waals surface area contributed by atoms with Crippen LogP contribution in [0.15, 0.2) is 45.7 Å². The van der Waals surface area contributed by atoms with Gasteiger partial charge in [-0.3, -0.25) is 0 Å². The molecule has 3 aromatic rings. The van der Waals surface area contributed by atoms with Gasteiger partial charge in [0.05, 0.1) is 21.7 Å². The van der Waals surface area contributed by atoms with E-state index in [4.69, 9.17) is 27.5 Å². The van der Waals surface area contributed by atoms with Crippen LogP contribution < -0.4 is 14.3 Å². The Balaban J connectivity index is 1.93. The third kappa shape index (κ3) is 2.94. The molecule has 2 heterocycles. The van der Waals surface area contributed by atoms with Crippen LogP contribution in [-0.2, 0) is 16.6 Å². The Morgan fingerprint density at radius 2 is 1.92 bits per heavy atom. The summed E-state index contributed by atoms with van der Waals surface area (Å²) >= 11 is 7.03. The van der Waals surface area contributed by atoms with Crippen molar-refractivity contribution in [2.45, 2.75) is 11.4 Å². The van der Waals surface area contributed by atoms with Crippen molar-refractivity contribution in [3.8, 4) is 23.8 Å². The maximum Gasteiger partial charge on any atom is 0.285 e. The lowest BCUT2D eigenvalue weighted by molar-refractivity contribution is 0.174. The second-order valence-corrected chi connectivity index (χ2v) is 8.42. The molecule has 1 aromatic heterocycles. The third-order valence-corrected chi connectivity index (χ3v) is 6.43. The zero-order valence-electron chi connectivity index (χ0n) is 13.2. The van der Waals surface area contributed by atoms with E-state index in [2.05, 4.69) is 10.3 Å². The SMILES string of the molecule is C#CCn1/c(=N/S(=O)(=O)c2ccc(Cl)cc2)sc2cc3c(cc21)OCO3. The first-order chi connectivity index (χ1) is 12.5. The van der Waals surface area contributed by atoms with E-state index in [0.717, 1.165) is 10.2 Å². The van der Waals surface area contributed by atoms with Crippen LogP contribution in [-0.4, -0.2) is 19.8 Å². The number of nitrogens with zero attached hydrogens (tertiary/aromatic N) is 2. The molecule has 9 heteroatoms. The summed E-state index contributed by atoms with van der Waals surface area (Å²) in [7, 11) is -3.91. The van der Waals surface area contributed by atoms with Crippen molar-refractivity contribution < 1.29 is 17.9 Å². The van der Waals surface area contributed by atoms with Crippen molar-refractivity contribution in [3.05, 3.63) is 46.2 Å². The molecule has 26 heavy (non-hydrogen) atoms. The Kier molecular flexibility index (Phi) is 4.15. The smallest absolute Gasteiger partial charge is 0.285 e. The van der Waals surface area contributed by atoms with E-state index in [1.807, 2.05) is 0 Å². The fourth-order valence-electron chi connectivity index (χ4n) is 2.54. The zero-order chi connectivity index (χ0) is 18.3. The Hall–Kier alpha value is -2.47. The van der Waals surface area contributed by atoms with Crippen molar-refractivity contribution in [3.63, 3.8) is 0 Å². The predicted molar refractivity (Wildman–Crippen MR) is 99.0 cm³/mol. The minimum atomic E-state index is -3.91. The van der Waals surface area contributed by atoms with Crippen molar-refractivity contribution in [1.29, 1.82) is 0 Å². The number of rotatable bonds is 3. The normalized spacial score (nSPS) is 13.9. The van der Waals surface area contributed by atoms with E-state index in [9.17, 15) is 8.42 Å². The number of aromatic nitrogens is 1. The molecule has 2 aromatic carbocycles. The van der Waals surface area contributed by atoms with E-state index in [0.29, 0.717) is 16.5 Å². The number of fused-ring (bicyclic) bond motifs is 2. The van der Waals surface area contributed by atoms with Crippen molar-refractivity contribution in [2.24, 2.45) is 4.40 Å². The van der Waals surface area contributed by atoms with E-state index in [-0.39, 0.29) is 23.0 Å². The number of thiazole rings is 1. The van der Waals surface area contributed by atoms with Gasteiger partial charge in [0.15, 0.2) is 11.5 Å². The number of hydrogen-bond acceptors (Lipinski definition) is 5. The molecule has 0 spiro atoms. The van der Waals surface area contributed by atoms with E-state index >= 15 is 0 Å². The Morgan fingerprint density at radius 3 is 2.62 bits per heavy atom. The first kappa shape index (κ1) is 17.0. The quantitative estimate of drug-likeness (QED) is 0.627. The van der Waals surface area contributed by atoms with Gasteiger partial charge in [-0.15, -0.1) is 10.8 Å². The molecule has 0 amide bonds. The highest BCUT2D eigenvalue weighted by Crippen LogP contribution is 2.37. The van der Waals surface area contributed by atoms with E-state index < -0.39 is 10.0 Å². The molecule has 6 nitrogen and oxygen atoms in total. The van der Waals surface area contributed by atoms with Crippen molar-refractivity contribution in [2.75, 3.05) is 6.79 Å². The van der Waals surface area contributed by atoms with Crippen LogP contribution in [0.1, 0.15) is 0 Å². The number of ether oxygens (including phenoxy) is 2. The first-order valence-corrected chi connectivity index (χ1v) is 10.0. The van der Waals surface area contributed by atoms with Crippen molar-refractivity contribution in [1.82, 2.24) is 4.57 Å². The largest absolute Gasteiger partial charge is 0.454 e. The van der Waals surface area contributed by atoms with Gasteiger partial charge in [0.2, 0.25) is 11.6 Å². The molecule has 132 valence electrons. The number of sulfonamides is 1. The number of hydrogen-bond donors (Lipinski definition) is 0. The van der Waals surface area contributed by atoms with Gasteiger partial charge in [0.25, 0.3) is 10.0 Å². The molecular weight excluding hydrogens is 396 g/mol. The minimum absolute atomic E-state index is 0.0563. The molecule has 0 fully saturated rings. The lowest BCUT2D eigenvalue weighted by Crippen LogP contribution is -2.16. The van der Waals surface area contributed by atoms with Crippen LogP contribution in [0.3, 0.4) is 0 Å². The number of terminal acetylenes is 1. The van der Waals surface area contributed by atoms with E-state index in [1.165, 1.54) is 35.6 Å². The van der Waals surface area contributed by atoms with Crippen LogP contribution in [0.5, 0.6) is 11.5 Å². The van der Waals surface area contributed by atoms with Crippen LogP contribution in [0.4, 0.5) is 0 Å². The summed E-state index contributed by atoms with van der Waals surface area (Å²) in [5, 5.41) is 0.447. The van der Waals surface area contributed by atoms with Gasteiger partial charge >= 0.3 is 0 Å². The molecule has 0 saturated carbocycles. The average molecular weight is 407 g/mol. The van der Waals surface area contributed by atoms with Gasteiger partial charge < -0.3 is 14.0 Å². The predicted octanol–water partition coefficient (Wildman–Crippen LogP) is 3.01. The van der Waals surface area contributed by atoms with Crippen LogP contribution in [0.2, 0.25) is 5.02 Å².